The molecule has 0 saturated carbocycles. The highest BCUT2D eigenvalue weighted by Crippen LogP contribution is 2.27. The molecule has 2 aromatic carbocycles. The van der Waals surface area contributed by atoms with E-state index in [4.69, 9.17) is 10.2 Å². The molecular formula is C19H18N2O2S. The Morgan fingerprint density at radius 2 is 1.71 bits per heavy atom. The number of furan rings is 1. The molecule has 0 unspecified atom stereocenters. The number of carbonyl (C=O) groups excluding carboxylic acids is 1. The molecule has 0 aliphatic carbocycles. The number of carbonyl (C=O) groups is 1. The number of nitrogens with two attached hydrogens (primary N) is 1. The van der Waals surface area contributed by atoms with E-state index in [2.05, 4.69) is 41.7 Å². The molecule has 0 aliphatic rings. The summed E-state index contributed by atoms with van der Waals surface area (Å²) in [4.78, 5) is 13.5. The lowest BCUT2D eigenvalue weighted by molar-refractivity contribution is 0.0999. The Balaban J connectivity index is 1.50. The molecule has 0 fully saturated rings. The van der Waals surface area contributed by atoms with E-state index in [1.165, 1.54) is 21.6 Å². The summed E-state index contributed by atoms with van der Waals surface area (Å²) in [6.07, 6.45) is 1.38. The largest absolute Gasteiger partial charge is 0.467 e. The van der Waals surface area contributed by atoms with Crippen LogP contribution >= 0.6 is 11.8 Å². The first kappa shape index (κ1) is 16.4. The fourth-order valence-electron chi connectivity index (χ4n) is 2.23. The summed E-state index contributed by atoms with van der Waals surface area (Å²) in [6.45, 7) is 1.27. The average molecular weight is 338 g/mol. The lowest BCUT2D eigenvalue weighted by Crippen LogP contribution is -2.12. The van der Waals surface area contributed by atoms with E-state index in [0.717, 1.165) is 6.54 Å². The number of nitrogens with one attached hydrogen (secondary N) is 1. The van der Waals surface area contributed by atoms with Gasteiger partial charge in [-0.15, -0.1) is 0 Å². The van der Waals surface area contributed by atoms with Gasteiger partial charge in [-0.2, -0.15) is 0 Å². The Bertz CT molecular complexity index is 798. The molecule has 0 saturated heterocycles. The maximum Gasteiger partial charge on any atom is 0.251 e. The van der Waals surface area contributed by atoms with Gasteiger partial charge in [0, 0.05) is 16.3 Å². The highest BCUT2D eigenvalue weighted by molar-refractivity contribution is 7.99. The SMILES string of the molecule is NC(=O)c1coc(CNCc2ccc(Sc3ccccc3)cc2)c1. The van der Waals surface area contributed by atoms with Gasteiger partial charge in [0.1, 0.15) is 12.0 Å². The van der Waals surface area contributed by atoms with Crippen LogP contribution in [0.2, 0.25) is 0 Å². The minimum absolute atomic E-state index is 0.397. The van der Waals surface area contributed by atoms with E-state index in [1.807, 2.05) is 18.2 Å². The van der Waals surface area contributed by atoms with Crippen molar-refractivity contribution >= 4 is 17.7 Å². The summed E-state index contributed by atoms with van der Waals surface area (Å²) in [6, 6.07) is 20.4. The van der Waals surface area contributed by atoms with Crippen LogP contribution in [0.4, 0.5) is 0 Å². The number of rotatable bonds is 7. The summed E-state index contributed by atoms with van der Waals surface area (Å²) in [5.41, 5.74) is 6.78. The number of amides is 1. The van der Waals surface area contributed by atoms with Crippen LogP contribution in [0.1, 0.15) is 21.7 Å². The molecule has 3 rings (SSSR count). The number of benzene rings is 2. The van der Waals surface area contributed by atoms with Crippen molar-refractivity contribution in [2.24, 2.45) is 5.73 Å². The molecule has 3 N–H and O–H groups in total. The average Bonchev–Trinajstić information content (AvgIpc) is 3.07. The third kappa shape index (κ3) is 4.50. The fourth-order valence-corrected chi connectivity index (χ4v) is 3.07. The topological polar surface area (TPSA) is 68.3 Å². The molecule has 0 spiro atoms. The minimum atomic E-state index is -0.475. The van der Waals surface area contributed by atoms with Crippen molar-refractivity contribution in [3.05, 3.63) is 83.8 Å². The minimum Gasteiger partial charge on any atom is -0.467 e. The number of primary amides is 1. The first-order valence-electron chi connectivity index (χ1n) is 7.60. The molecule has 1 aromatic heterocycles. The van der Waals surface area contributed by atoms with E-state index >= 15 is 0 Å². The Kier molecular flexibility index (Phi) is 5.36. The molecule has 1 heterocycles. The fraction of sp³-hybridized carbons (Fsp3) is 0.105. The van der Waals surface area contributed by atoms with Gasteiger partial charge in [-0.3, -0.25) is 4.79 Å². The summed E-state index contributed by atoms with van der Waals surface area (Å²) in [5.74, 6) is 0.219. The van der Waals surface area contributed by atoms with Crippen molar-refractivity contribution in [1.82, 2.24) is 5.32 Å². The van der Waals surface area contributed by atoms with Gasteiger partial charge in [0.05, 0.1) is 12.1 Å². The van der Waals surface area contributed by atoms with Gasteiger partial charge in [-0.1, -0.05) is 42.1 Å². The van der Waals surface area contributed by atoms with Crippen LogP contribution in [-0.4, -0.2) is 5.91 Å². The molecule has 0 bridgehead atoms. The van der Waals surface area contributed by atoms with Crippen LogP contribution in [0.5, 0.6) is 0 Å². The van der Waals surface area contributed by atoms with Gasteiger partial charge in [0.15, 0.2) is 0 Å². The van der Waals surface area contributed by atoms with Crippen molar-refractivity contribution in [1.29, 1.82) is 0 Å². The van der Waals surface area contributed by atoms with Crippen LogP contribution in [0.3, 0.4) is 0 Å². The van der Waals surface area contributed by atoms with Gasteiger partial charge in [0.25, 0.3) is 5.91 Å². The normalized spacial score (nSPS) is 10.7. The second kappa shape index (κ2) is 7.86. The van der Waals surface area contributed by atoms with E-state index in [9.17, 15) is 4.79 Å². The summed E-state index contributed by atoms with van der Waals surface area (Å²) in [5, 5.41) is 3.29. The maximum atomic E-state index is 11.0. The lowest BCUT2D eigenvalue weighted by atomic mass is 10.2. The second-order valence-electron chi connectivity index (χ2n) is 5.33. The molecule has 4 nitrogen and oxygen atoms in total. The summed E-state index contributed by atoms with van der Waals surface area (Å²) >= 11 is 1.74. The molecule has 5 heteroatoms. The van der Waals surface area contributed by atoms with E-state index in [0.29, 0.717) is 17.9 Å². The Morgan fingerprint density at radius 3 is 2.38 bits per heavy atom. The Hall–Kier alpha value is -2.50. The molecule has 1 amide bonds. The summed E-state index contributed by atoms with van der Waals surface area (Å²) in [7, 11) is 0. The lowest BCUT2D eigenvalue weighted by Gasteiger charge is -2.05. The van der Waals surface area contributed by atoms with Gasteiger partial charge in [-0.05, 0) is 35.9 Å². The highest BCUT2D eigenvalue weighted by atomic mass is 32.2. The van der Waals surface area contributed by atoms with Gasteiger partial charge < -0.3 is 15.5 Å². The molecular weight excluding hydrogens is 320 g/mol. The first-order valence-corrected chi connectivity index (χ1v) is 8.42. The molecule has 122 valence electrons. The first-order chi connectivity index (χ1) is 11.7. The predicted octanol–water partition coefficient (Wildman–Crippen LogP) is 3.82. The van der Waals surface area contributed by atoms with Gasteiger partial charge in [-0.25, -0.2) is 0 Å². The zero-order chi connectivity index (χ0) is 16.8. The quantitative estimate of drug-likeness (QED) is 0.687. The van der Waals surface area contributed by atoms with Crippen LogP contribution < -0.4 is 11.1 Å². The standard InChI is InChI=1S/C19H18N2O2S/c20-19(22)15-10-16(23-13-15)12-21-11-14-6-8-18(9-7-14)24-17-4-2-1-3-5-17/h1-10,13,21H,11-12H2,(H2,20,22). The Morgan fingerprint density at radius 1 is 1.00 bits per heavy atom. The number of hydrogen-bond donors (Lipinski definition) is 2. The third-order valence-corrected chi connectivity index (χ3v) is 4.48. The van der Waals surface area contributed by atoms with Crippen molar-refractivity contribution in [2.45, 2.75) is 22.9 Å². The zero-order valence-electron chi connectivity index (χ0n) is 13.1. The zero-order valence-corrected chi connectivity index (χ0v) is 13.9. The monoisotopic (exact) mass is 338 g/mol. The third-order valence-electron chi connectivity index (χ3n) is 3.47. The smallest absolute Gasteiger partial charge is 0.251 e. The Labute approximate surface area is 145 Å². The molecule has 0 atom stereocenters. The van der Waals surface area contributed by atoms with E-state index in [1.54, 1.807) is 17.8 Å². The predicted molar refractivity (Wildman–Crippen MR) is 94.8 cm³/mol. The van der Waals surface area contributed by atoms with E-state index in [-0.39, 0.29) is 0 Å². The van der Waals surface area contributed by atoms with Gasteiger partial charge in [0.2, 0.25) is 0 Å². The molecule has 0 aliphatic heterocycles. The van der Waals surface area contributed by atoms with Crippen LogP contribution in [0, 0.1) is 0 Å². The number of hydrogen-bond acceptors (Lipinski definition) is 4. The van der Waals surface area contributed by atoms with Crippen LogP contribution in [0.15, 0.2) is 81.1 Å². The van der Waals surface area contributed by atoms with Gasteiger partial charge >= 0.3 is 0 Å². The molecule has 3 aromatic rings. The summed E-state index contributed by atoms with van der Waals surface area (Å²) < 4.78 is 5.28. The van der Waals surface area contributed by atoms with Crippen LogP contribution in [0.25, 0.3) is 0 Å². The highest BCUT2D eigenvalue weighted by Gasteiger charge is 2.06. The maximum absolute atomic E-state index is 11.0. The van der Waals surface area contributed by atoms with E-state index < -0.39 is 5.91 Å². The van der Waals surface area contributed by atoms with Crippen molar-refractivity contribution in [3.63, 3.8) is 0 Å². The van der Waals surface area contributed by atoms with Crippen molar-refractivity contribution in [2.75, 3.05) is 0 Å². The second-order valence-corrected chi connectivity index (χ2v) is 6.48. The molecule has 0 radical (unpaired) electrons. The van der Waals surface area contributed by atoms with Crippen LogP contribution in [-0.2, 0) is 13.1 Å². The van der Waals surface area contributed by atoms with Crippen molar-refractivity contribution in [3.8, 4) is 0 Å². The molecule has 24 heavy (non-hydrogen) atoms. The van der Waals surface area contributed by atoms with Crippen molar-refractivity contribution < 1.29 is 9.21 Å².